The second kappa shape index (κ2) is 9.73. The number of rotatable bonds is 8. The van der Waals surface area contributed by atoms with Crippen molar-refractivity contribution in [2.45, 2.75) is 20.4 Å². The van der Waals surface area contributed by atoms with Gasteiger partial charge < -0.3 is 15.4 Å². The number of aryl methyl sites for hydroxylation is 1. The molecule has 2 rings (SSSR count). The quantitative estimate of drug-likeness (QED) is 0.750. The van der Waals surface area contributed by atoms with Crippen LogP contribution in [0.5, 0.6) is 5.75 Å². The zero-order valence-corrected chi connectivity index (χ0v) is 16.3. The van der Waals surface area contributed by atoms with Gasteiger partial charge in [-0.15, -0.1) is 0 Å². The van der Waals surface area contributed by atoms with Crippen LogP contribution in [0.1, 0.15) is 16.7 Å². The number of nitrogens with one attached hydrogen (secondary N) is 2. The molecular weight excluding hydrogens is 342 g/mol. The van der Waals surface area contributed by atoms with Crippen LogP contribution in [0, 0.1) is 13.8 Å². The molecule has 0 bridgehead atoms. The van der Waals surface area contributed by atoms with E-state index in [1.165, 1.54) is 0 Å². The lowest BCUT2D eigenvalue weighted by atomic mass is 10.1. The molecule has 0 radical (unpaired) electrons. The van der Waals surface area contributed by atoms with Crippen LogP contribution in [0.15, 0.2) is 42.5 Å². The highest BCUT2D eigenvalue weighted by molar-refractivity contribution is 5.95. The molecule has 0 aliphatic rings. The van der Waals surface area contributed by atoms with Crippen molar-refractivity contribution in [2.24, 2.45) is 0 Å². The molecule has 0 saturated carbocycles. The summed E-state index contributed by atoms with van der Waals surface area (Å²) in [4.78, 5) is 26.0. The fourth-order valence-electron chi connectivity index (χ4n) is 2.66. The number of benzene rings is 2. The predicted molar refractivity (Wildman–Crippen MR) is 107 cm³/mol. The molecule has 6 nitrogen and oxygen atoms in total. The molecule has 6 heteroatoms. The van der Waals surface area contributed by atoms with E-state index in [0.29, 0.717) is 6.54 Å². The van der Waals surface area contributed by atoms with Crippen LogP contribution in [-0.2, 0) is 16.1 Å². The van der Waals surface area contributed by atoms with Gasteiger partial charge in [0, 0.05) is 12.2 Å². The Kier molecular flexibility index (Phi) is 7.37. The minimum atomic E-state index is -0.241. The van der Waals surface area contributed by atoms with E-state index >= 15 is 0 Å². The Bertz CT molecular complexity index is 788. The molecule has 27 heavy (non-hydrogen) atoms. The maximum atomic E-state index is 12.1. The number of likely N-dealkylation sites (N-methyl/N-ethyl adjacent to an activating group) is 1. The normalized spacial score (nSPS) is 10.6. The molecule has 2 amide bonds. The third-order valence-corrected chi connectivity index (χ3v) is 4.35. The Morgan fingerprint density at radius 2 is 1.74 bits per heavy atom. The number of hydrogen-bond donors (Lipinski definition) is 2. The van der Waals surface area contributed by atoms with Crippen LogP contribution in [-0.4, -0.2) is 44.0 Å². The Morgan fingerprint density at radius 1 is 1.04 bits per heavy atom. The Labute approximate surface area is 160 Å². The average Bonchev–Trinajstić information content (AvgIpc) is 2.64. The summed E-state index contributed by atoms with van der Waals surface area (Å²) in [6, 6.07) is 13.4. The molecule has 0 atom stereocenters. The molecule has 0 heterocycles. The van der Waals surface area contributed by atoms with Gasteiger partial charge in [-0.3, -0.25) is 14.5 Å². The smallest absolute Gasteiger partial charge is 0.243 e. The number of amides is 2. The van der Waals surface area contributed by atoms with E-state index in [2.05, 4.69) is 10.6 Å². The monoisotopic (exact) mass is 369 g/mol. The maximum absolute atomic E-state index is 12.1. The van der Waals surface area contributed by atoms with Crippen molar-refractivity contribution in [2.75, 3.05) is 32.6 Å². The molecule has 2 N–H and O–H groups in total. The second-order valence-corrected chi connectivity index (χ2v) is 6.59. The zero-order valence-electron chi connectivity index (χ0n) is 16.3. The summed E-state index contributed by atoms with van der Waals surface area (Å²) < 4.78 is 5.13. The summed E-state index contributed by atoms with van der Waals surface area (Å²) in [6.07, 6.45) is 0. The van der Waals surface area contributed by atoms with Crippen LogP contribution < -0.4 is 15.4 Å². The number of methoxy groups -OCH3 is 1. The van der Waals surface area contributed by atoms with E-state index in [1.807, 2.05) is 68.3 Å². The van der Waals surface area contributed by atoms with E-state index in [0.717, 1.165) is 28.1 Å². The molecule has 0 aliphatic carbocycles. The van der Waals surface area contributed by atoms with Crippen LogP contribution >= 0.6 is 0 Å². The van der Waals surface area contributed by atoms with Gasteiger partial charge in [-0.2, -0.15) is 0 Å². The van der Waals surface area contributed by atoms with E-state index < -0.39 is 0 Å². The van der Waals surface area contributed by atoms with Crippen LogP contribution in [0.25, 0.3) is 0 Å². The number of carbonyl (C=O) groups is 2. The second-order valence-electron chi connectivity index (χ2n) is 6.59. The van der Waals surface area contributed by atoms with Gasteiger partial charge >= 0.3 is 0 Å². The molecule has 0 unspecified atom stereocenters. The van der Waals surface area contributed by atoms with Gasteiger partial charge in [-0.1, -0.05) is 24.3 Å². The van der Waals surface area contributed by atoms with Gasteiger partial charge in [-0.25, -0.2) is 0 Å². The lowest BCUT2D eigenvalue weighted by molar-refractivity contribution is -0.124. The molecule has 0 fully saturated rings. The SMILES string of the molecule is COc1ccc(CN(C)CC(=O)NCC(=O)Nc2cccc(C)c2C)cc1. The highest BCUT2D eigenvalue weighted by Gasteiger charge is 2.10. The first-order valence-corrected chi connectivity index (χ1v) is 8.83. The van der Waals surface area contributed by atoms with Gasteiger partial charge in [0.05, 0.1) is 20.2 Å². The first-order chi connectivity index (χ1) is 12.9. The zero-order chi connectivity index (χ0) is 19.8. The summed E-state index contributed by atoms with van der Waals surface area (Å²) in [6.45, 7) is 4.74. The third kappa shape index (κ3) is 6.42. The topological polar surface area (TPSA) is 70.7 Å². The molecule has 144 valence electrons. The van der Waals surface area contributed by atoms with Gasteiger partial charge in [0.2, 0.25) is 11.8 Å². The van der Waals surface area contributed by atoms with E-state index in [4.69, 9.17) is 4.74 Å². The molecule has 2 aromatic carbocycles. The minimum Gasteiger partial charge on any atom is -0.497 e. The number of nitrogens with zero attached hydrogens (tertiary/aromatic N) is 1. The largest absolute Gasteiger partial charge is 0.497 e. The van der Waals surface area contributed by atoms with Crippen molar-refractivity contribution < 1.29 is 14.3 Å². The molecule has 0 aromatic heterocycles. The number of hydrogen-bond acceptors (Lipinski definition) is 4. The third-order valence-electron chi connectivity index (χ3n) is 4.35. The fourth-order valence-corrected chi connectivity index (χ4v) is 2.66. The Hall–Kier alpha value is -2.86. The van der Waals surface area contributed by atoms with Crippen molar-refractivity contribution >= 4 is 17.5 Å². The van der Waals surface area contributed by atoms with Crippen LogP contribution in [0.2, 0.25) is 0 Å². The minimum absolute atomic E-state index is 0.0530. The molecule has 0 saturated heterocycles. The van der Waals surface area contributed by atoms with Gasteiger partial charge in [0.15, 0.2) is 0 Å². The predicted octanol–water partition coefficient (Wildman–Crippen LogP) is 2.50. The molecule has 0 spiro atoms. The maximum Gasteiger partial charge on any atom is 0.243 e. The van der Waals surface area contributed by atoms with Crippen molar-refractivity contribution in [1.82, 2.24) is 10.2 Å². The van der Waals surface area contributed by atoms with Crippen molar-refractivity contribution in [1.29, 1.82) is 0 Å². The standard InChI is InChI=1S/C21H27N3O3/c1-15-6-5-7-19(16(15)2)23-20(25)12-22-21(26)14-24(3)13-17-8-10-18(27-4)11-9-17/h5-11H,12-14H2,1-4H3,(H,22,26)(H,23,25). The Balaban J connectivity index is 1.75. The van der Waals surface area contributed by atoms with Crippen LogP contribution in [0.3, 0.4) is 0 Å². The summed E-state index contributed by atoms with van der Waals surface area (Å²) >= 11 is 0. The van der Waals surface area contributed by atoms with Crippen molar-refractivity contribution in [3.8, 4) is 5.75 Å². The molecule has 0 aliphatic heterocycles. The highest BCUT2D eigenvalue weighted by Crippen LogP contribution is 2.17. The van der Waals surface area contributed by atoms with E-state index in [1.54, 1.807) is 7.11 Å². The van der Waals surface area contributed by atoms with E-state index in [-0.39, 0.29) is 24.9 Å². The molecular formula is C21H27N3O3. The van der Waals surface area contributed by atoms with Gasteiger partial charge in [0.25, 0.3) is 0 Å². The fraction of sp³-hybridized carbons (Fsp3) is 0.333. The lowest BCUT2D eigenvalue weighted by Gasteiger charge is -2.16. The summed E-state index contributed by atoms with van der Waals surface area (Å²) in [7, 11) is 3.49. The number of carbonyl (C=O) groups excluding carboxylic acids is 2. The Morgan fingerprint density at radius 3 is 2.41 bits per heavy atom. The highest BCUT2D eigenvalue weighted by atomic mass is 16.5. The average molecular weight is 369 g/mol. The lowest BCUT2D eigenvalue weighted by Crippen LogP contribution is -2.39. The van der Waals surface area contributed by atoms with E-state index in [9.17, 15) is 9.59 Å². The molecule has 2 aromatic rings. The first kappa shape index (κ1) is 20.5. The van der Waals surface area contributed by atoms with Crippen molar-refractivity contribution in [3.63, 3.8) is 0 Å². The van der Waals surface area contributed by atoms with Crippen molar-refractivity contribution in [3.05, 3.63) is 59.2 Å². The summed E-state index contributed by atoms with van der Waals surface area (Å²) in [5, 5.41) is 5.49. The number of ether oxygens (including phenoxy) is 1. The number of anilines is 1. The summed E-state index contributed by atoms with van der Waals surface area (Å²) in [5.74, 6) is 0.367. The first-order valence-electron chi connectivity index (χ1n) is 8.83. The van der Waals surface area contributed by atoms with Gasteiger partial charge in [0.1, 0.15) is 5.75 Å². The summed E-state index contributed by atoms with van der Waals surface area (Å²) in [5.41, 5.74) is 3.98. The van der Waals surface area contributed by atoms with Crippen LogP contribution in [0.4, 0.5) is 5.69 Å². The van der Waals surface area contributed by atoms with Gasteiger partial charge in [-0.05, 0) is 55.8 Å².